The van der Waals surface area contributed by atoms with Crippen molar-refractivity contribution in [3.05, 3.63) is 63.1 Å². The third-order valence-corrected chi connectivity index (χ3v) is 3.97. The maximum atomic E-state index is 12.4. The standard InChI is InChI=1S/C16H15Cl2NO/c1-9(2)10-3-5-11(6-4-10)16(20)12-7-13(17)15(18)14(19)8-12/h3-9H,19H2,1-2H3. The molecule has 0 amide bonds. The predicted molar refractivity (Wildman–Crippen MR) is 84.8 cm³/mol. The zero-order valence-corrected chi connectivity index (χ0v) is 12.8. The van der Waals surface area contributed by atoms with Crippen LogP contribution in [0.2, 0.25) is 10.0 Å². The molecular formula is C16H15Cl2NO. The lowest BCUT2D eigenvalue weighted by Crippen LogP contribution is -2.03. The Morgan fingerprint density at radius 2 is 1.65 bits per heavy atom. The van der Waals surface area contributed by atoms with Crippen molar-refractivity contribution >= 4 is 34.7 Å². The number of carbonyl (C=O) groups excluding carboxylic acids is 1. The number of hydrogen-bond acceptors (Lipinski definition) is 2. The van der Waals surface area contributed by atoms with Gasteiger partial charge in [-0.3, -0.25) is 4.79 Å². The average molecular weight is 308 g/mol. The van der Waals surface area contributed by atoms with E-state index in [0.717, 1.165) is 0 Å². The van der Waals surface area contributed by atoms with E-state index in [2.05, 4.69) is 13.8 Å². The third kappa shape index (κ3) is 2.97. The quantitative estimate of drug-likeness (QED) is 0.645. The molecule has 2 N–H and O–H groups in total. The number of nitrogen functional groups attached to an aromatic ring is 1. The van der Waals surface area contributed by atoms with E-state index in [-0.39, 0.29) is 15.8 Å². The van der Waals surface area contributed by atoms with Gasteiger partial charge in [0.15, 0.2) is 5.78 Å². The van der Waals surface area contributed by atoms with Gasteiger partial charge in [0.25, 0.3) is 0 Å². The van der Waals surface area contributed by atoms with Gasteiger partial charge in [0.05, 0.1) is 15.7 Å². The van der Waals surface area contributed by atoms with Crippen LogP contribution in [0.1, 0.15) is 41.3 Å². The van der Waals surface area contributed by atoms with Gasteiger partial charge >= 0.3 is 0 Å². The molecule has 2 aromatic carbocycles. The first-order chi connectivity index (χ1) is 9.40. The summed E-state index contributed by atoms with van der Waals surface area (Å²) in [6.45, 7) is 4.22. The van der Waals surface area contributed by atoms with E-state index < -0.39 is 0 Å². The largest absolute Gasteiger partial charge is 0.397 e. The molecule has 2 rings (SSSR count). The fourth-order valence-corrected chi connectivity index (χ4v) is 2.26. The summed E-state index contributed by atoms with van der Waals surface area (Å²) in [5.74, 6) is 0.311. The minimum Gasteiger partial charge on any atom is -0.397 e. The van der Waals surface area contributed by atoms with Crippen LogP contribution in [0.5, 0.6) is 0 Å². The molecule has 0 saturated heterocycles. The number of halogens is 2. The molecule has 0 spiro atoms. The SMILES string of the molecule is CC(C)c1ccc(C(=O)c2cc(N)c(Cl)c(Cl)c2)cc1. The molecular weight excluding hydrogens is 293 g/mol. The Labute approximate surface area is 128 Å². The van der Waals surface area contributed by atoms with Gasteiger partial charge in [-0.05, 0) is 23.6 Å². The molecule has 0 saturated carbocycles. The van der Waals surface area contributed by atoms with Crippen molar-refractivity contribution in [3.8, 4) is 0 Å². The minimum absolute atomic E-state index is 0.120. The highest BCUT2D eigenvalue weighted by Crippen LogP contribution is 2.30. The van der Waals surface area contributed by atoms with Crippen LogP contribution >= 0.6 is 23.2 Å². The summed E-state index contributed by atoms with van der Waals surface area (Å²) in [5, 5.41) is 0.562. The van der Waals surface area contributed by atoms with Crippen molar-refractivity contribution < 1.29 is 4.79 Å². The van der Waals surface area contributed by atoms with Crippen LogP contribution in [-0.4, -0.2) is 5.78 Å². The van der Waals surface area contributed by atoms with Crippen molar-refractivity contribution in [2.24, 2.45) is 0 Å². The number of benzene rings is 2. The Kier molecular flexibility index (Phi) is 4.36. The maximum Gasteiger partial charge on any atom is 0.193 e. The van der Waals surface area contributed by atoms with E-state index >= 15 is 0 Å². The molecule has 2 aromatic rings. The van der Waals surface area contributed by atoms with Crippen LogP contribution in [-0.2, 0) is 0 Å². The zero-order chi connectivity index (χ0) is 14.9. The highest BCUT2D eigenvalue weighted by molar-refractivity contribution is 6.44. The van der Waals surface area contributed by atoms with Gasteiger partial charge in [-0.25, -0.2) is 0 Å². The molecule has 0 unspecified atom stereocenters. The molecule has 0 atom stereocenters. The number of rotatable bonds is 3. The fraction of sp³-hybridized carbons (Fsp3) is 0.188. The van der Waals surface area contributed by atoms with Gasteiger partial charge < -0.3 is 5.73 Å². The van der Waals surface area contributed by atoms with Gasteiger partial charge in [0.2, 0.25) is 0 Å². The number of hydrogen-bond donors (Lipinski definition) is 1. The van der Waals surface area contributed by atoms with Gasteiger partial charge in [0, 0.05) is 11.1 Å². The third-order valence-electron chi connectivity index (χ3n) is 3.16. The highest BCUT2D eigenvalue weighted by Gasteiger charge is 2.13. The first kappa shape index (κ1) is 14.9. The molecule has 0 aromatic heterocycles. The van der Waals surface area contributed by atoms with Crippen LogP contribution in [0.15, 0.2) is 36.4 Å². The summed E-state index contributed by atoms with van der Waals surface area (Å²) in [7, 11) is 0. The zero-order valence-electron chi connectivity index (χ0n) is 11.3. The second-order valence-electron chi connectivity index (χ2n) is 4.97. The van der Waals surface area contributed by atoms with Gasteiger partial charge in [-0.1, -0.05) is 61.3 Å². The molecule has 104 valence electrons. The summed E-state index contributed by atoms with van der Waals surface area (Å²) >= 11 is 11.8. The summed E-state index contributed by atoms with van der Waals surface area (Å²) in [5.41, 5.74) is 8.27. The van der Waals surface area contributed by atoms with Crippen molar-refractivity contribution in [2.75, 3.05) is 5.73 Å². The molecule has 0 heterocycles. The summed E-state index contributed by atoms with van der Waals surface area (Å²) in [6, 6.07) is 10.6. The Hall–Kier alpha value is -1.51. The average Bonchev–Trinajstić information content (AvgIpc) is 2.43. The second kappa shape index (κ2) is 5.86. The maximum absolute atomic E-state index is 12.4. The molecule has 4 heteroatoms. The van der Waals surface area contributed by atoms with Gasteiger partial charge in [-0.15, -0.1) is 0 Å². The van der Waals surface area contributed by atoms with Gasteiger partial charge in [-0.2, -0.15) is 0 Å². The molecule has 0 fully saturated rings. The van der Waals surface area contributed by atoms with Gasteiger partial charge in [0.1, 0.15) is 0 Å². The van der Waals surface area contributed by atoms with E-state index in [9.17, 15) is 4.79 Å². The fourth-order valence-electron chi connectivity index (χ4n) is 1.93. The highest BCUT2D eigenvalue weighted by atomic mass is 35.5. The van der Waals surface area contributed by atoms with Crippen LogP contribution in [0.3, 0.4) is 0 Å². The molecule has 0 radical (unpaired) electrons. The van der Waals surface area contributed by atoms with Crippen LogP contribution in [0.25, 0.3) is 0 Å². The number of anilines is 1. The Morgan fingerprint density at radius 1 is 1.05 bits per heavy atom. The lowest BCUT2D eigenvalue weighted by molar-refractivity contribution is 0.103. The summed E-state index contributed by atoms with van der Waals surface area (Å²) in [6.07, 6.45) is 0. The lowest BCUT2D eigenvalue weighted by atomic mass is 9.98. The second-order valence-corrected chi connectivity index (χ2v) is 5.75. The van der Waals surface area contributed by atoms with E-state index in [1.165, 1.54) is 5.56 Å². The number of carbonyl (C=O) groups is 1. The van der Waals surface area contributed by atoms with Crippen molar-refractivity contribution in [1.82, 2.24) is 0 Å². The Balaban J connectivity index is 2.36. The number of nitrogens with two attached hydrogens (primary N) is 1. The molecule has 20 heavy (non-hydrogen) atoms. The predicted octanol–water partition coefficient (Wildman–Crippen LogP) is 4.93. The Morgan fingerprint density at radius 3 is 2.15 bits per heavy atom. The van der Waals surface area contributed by atoms with E-state index in [0.29, 0.717) is 22.7 Å². The molecule has 0 aliphatic heterocycles. The van der Waals surface area contributed by atoms with Crippen LogP contribution in [0.4, 0.5) is 5.69 Å². The first-order valence-electron chi connectivity index (χ1n) is 6.29. The van der Waals surface area contributed by atoms with Crippen molar-refractivity contribution in [1.29, 1.82) is 0 Å². The summed E-state index contributed by atoms with van der Waals surface area (Å²) < 4.78 is 0. The Bertz CT molecular complexity index is 625. The van der Waals surface area contributed by atoms with E-state index in [1.807, 2.05) is 24.3 Å². The molecule has 0 bridgehead atoms. The smallest absolute Gasteiger partial charge is 0.193 e. The molecule has 0 aliphatic rings. The lowest BCUT2D eigenvalue weighted by Gasteiger charge is -2.08. The normalized spacial score (nSPS) is 10.8. The first-order valence-corrected chi connectivity index (χ1v) is 7.05. The number of ketones is 1. The van der Waals surface area contributed by atoms with Crippen molar-refractivity contribution in [2.45, 2.75) is 19.8 Å². The van der Waals surface area contributed by atoms with Crippen LogP contribution in [0, 0.1) is 0 Å². The van der Waals surface area contributed by atoms with E-state index in [1.54, 1.807) is 12.1 Å². The summed E-state index contributed by atoms with van der Waals surface area (Å²) in [4.78, 5) is 12.4. The topological polar surface area (TPSA) is 43.1 Å². The van der Waals surface area contributed by atoms with Crippen molar-refractivity contribution in [3.63, 3.8) is 0 Å². The molecule has 0 aliphatic carbocycles. The van der Waals surface area contributed by atoms with Crippen LogP contribution < -0.4 is 5.73 Å². The minimum atomic E-state index is -0.120. The molecule has 2 nitrogen and oxygen atoms in total. The monoisotopic (exact) mass is 307 g/mol. The van der Waals surface area contributed by atoms with E-state index in [4.69, 9.17) is 28.9 Å².